The van der Waals surface area contributed by atoms with Crippen molar-refractivity contribution in [3.63, 3.8) is 0 Å². The lowest BCUT2D eigenvalue weighted by atomic mass is 9.94. The summed E-state index contributed by atoms with van der Waals surface area (Å²) in [7, 11) is -3.61. The Balaban J connectivity index is 1.62. The lowest BCUT2D eigenvalue weighted by Crippen LogP contribution is -2.53. The second kappa shape index (κ2) is 11.4. The van der Waals surface area contributed by atoms with Gasteiger partial charge >= 0.3 is 12.0 Å². The Morgan fingerprint density at radius 1 is 1.05 bits per heavy atom. The van der Waals surface area contributed by atoms with Crippen molar-refractivity contribution in [2.45, 2.75) is 24.8 Å². The van der Waals surface area contributed by atoms with Gasteiger partial charge in [0.05, 0.1) is 23.1 Å². The monoisotopic (exact) mass is 530 g/mol. The van der Waals surface area contributed by atoms with Crippen molar-refractivity contribution in [3.05, 3.63) is 77.2 Å². The molecule has 37 heavy (non-hydrogen) atoms. The minimum Gasteiger partial charge on any atom is -0.463 e. The summed E-state index contributed by atoms with van der Waals surface area (Å²) in [6.07, 6.45) is 0. The number of sulfonamides is 1. The first-order valence-electron chi connectivity index (χ1n) is 12.3. The van der Waals surface area contributed by atoms with Crippen molar-refractivity contribution in [2.24, 2.45) is 0 Å². The molecule has 0 aromatic heterocycles. The molecular weight excluding hydrogens is 499 g/mol. The van der Waals surface area contributed by atoms with E-state index in [0.29, 0.717) is 30.9 Å². The van der Waals surface area contributed by atoms with Crippen LogP contribution in [0.2, 0.25) is 0 Å². The minimum atomic E-state index is -3.61. The number of ether oxygens (including phenoxy) is 1. The highest BCUT2D eigenvalue weighted by atomic mass is 32.2. The lowest BCUT2D eigenvalue weighted by Gasteiger charge is -2.40. The van der Waals surface area contributed by atoms with Gasteiger partial charge in [-0.05, 0) is 43.7 Å². The Morgan fingerprint density at radius 2 is 1.76 bits per heavy atom. The summed E-state index contributed by atoms with van der Waals surface area (Å²) in [6, 6.07) is 12.8. The fraction of sp³-hybridized carbons (Fsp3) is 0.385. The van der Waals surface area contributed by atoms with Gasteiger partial charge in [0.2, 0.25) is 10.0 Å². The number of carbonyl (C=O) groups is 2. The van der Waals surface area contributed by atoms with Gasteiger partial charge in [-0.25, -0.2) is 22.4 Å². The second-order valence-corrected chi connectivity index (χ2v) is 10.7. The first-order chi connectivity index (χ1) is 17.8. The van der Waals surface area contributed by atoms with Gasteiger partial charge in [0.25, 0.3) is 0 Å². The Bertz CT molecular complexity index is 1280. The predicted octanol–water partition coefficient (Wildman–Crippen LogP) is 2.74. The second-order valence-electron chi connectivity index (χ2n) is 8.76. The number of amides is 2. The topological polar surface area (TPSA) is 99.3 Å². The number of piperazine rings is 1. The van der Waals surface area contributed by atoms with E-state index in [2.05, 4.69) is 5.32 Å². The molecule has 2 aliphatic heterocycles. The first kappa shape index (κ1) is 26.8. The maximum Gasteiger partial charge on any atom is 0.338 e. The molecule has 1 atom stereocenters. The molecule has 0 bridgehead atoms. The zero-order valence-electron chi connectivity index (χ0n) is 20.9. The van der Waals surface area contributed by atoms with Crippen LogP contribution < -0.4 is 5.32 Å². The molecule has 0 spiro atoms. The van der Waals surface area contributed by atoms with Crippen molar-refractivity contribution >= 4 is 22.0 Å². The lowest BCUT2D eigenvalue weighted by molar-refractivity contribution is -0.139. The van der Waals surface area contributed by atoms with Crippen LogP contribution in [0.5, 0.6) is 0 Å². The maximum absolute atomic E-state index is 14.0. The highest BCUT2D eigenvalue weighted by Crippen LogP contribution is 2.32. The summed E-state index contributed by atoms with van der Waals surface area (Å²) in [6.45, 7) is 5.54. The highest BCUT2D eigenvalue weighted by Gasteiger charge is 2.39. The van der Waals surface area contributed by atoms with Crippen LogP contribution >= 0.6 is 0 Å². The summed E-state index contributed by atoms with van der Waals surface area (Å²) in [5, 5.41) is 2.82. The van der Waals surface area contributed by atoms with Crippen LogP contribution in [0.15, 0.2) is 70.8 Å². The van der Waals surface area contributed by atoms with Crippen LogP contribution in [0, 0.1) is 5.82 Å². The molecule has 2 aromatic carbocycles. The molecule has 0 saturated carbocycles. The van der Waals surface area contributed by atoms with Crippen molar-refractivity contribution in [3.8, 4) is 0 Å². The van der Waals surface area contributed by atoms with Crippen molar-refractivity contribution in [1.29, 1.82) is 0 Å². The molecule has 0 aliphatic carbocycles. The molecule has 0 radical (unpaired) electrons. The molecular formula is C26H31FN4O5S. The zero-order chi connectivity index (χ0) is 26.6. The van der Waals surface area contributed by atoms with Gasteiger partial charge < -0.3 is 10.1 Å². The van der Waals surface area contributed by atoms with Crippen molar-refractivity contribution in [1.82, 2.24) is 19.4 Å². The highest BCUT2D eigenvalue weighted by molar-refractivity contribution is 7.89. The SMILES string of the molecule is CCOC(=O)C1=C(CN2CCN(S(=O)(=O)c3ccccc3)CC2)N(CC)C(=O)N[C@H]1c1cccc(F)c1. The number of hydrogen-bond donors (Lipinski definition) is 1. The smallest absolute Gasteiger partial charge is 0.338 e. The average Bonchev–Trinajstić information content (AvgIpc) is 2.89. The van der Waals surface area contributed by atoms with Crippen molar-refractivity contribution < 1.29 is 27.1 Å². The number of nitrogens with one attached hydrogen (secondary N) is 1. The number of likely N-dealkylation sites (N-methyl/N-ethyl adjacent to an activating group) is 1. The van der Waals surface area contributed by atoms with E-state index in [1.165, 1.54) is 27.4 Å². The summed E-state index contributed by atoms with van der Waals surface area (Å²) in [4.78, 5) is 29.9. The normalized spacial score (nSPS) is 19.6. The van der Waals surface area contributed by atoms with Gasteiger partial charge in [0.1, 0.15) is 5.82 Å². The van der Waals surface area contributed by atoms with Crippen LogP contribution in [0.25, 0.3) is 0 Å². The Hall–Kier alpha value is -3.28. The first-order valence-corrected chi connectivity index (χ1v) is 13.7. The summed E-state index contributed by atoms with van der Waals surface area (Å²) >= 11 is 0. The fourth-order valence-corrected chi connectivity index (χ4v) is 6.12. The quantitative estimate of drug-likeness (QED) is 0.527. The number of carbonyl (C=O) groups excluding carboxylic acids is 2. The third-order valence-electron chi connectivity index (χ3n) is 6.52. The molecule has 9 nitrogen and oxygen atoms in total. The van der Waals surface area contributed by atoms with Crippen LogP contribution in [0.4, 0.5) is 9.18 Å². The number of esters is 1. The minimum absolute atomic E-state index is 0.140. The van der Waals surface area contributed by atoms with Crippen LogP contribution in [0.1, 0.15) is 25.5 Å². The van der Waals surface area contributed by atoms with E-state index >= 15 is 0 Å². The van der Waals surface area contributed by atoms with E-state index in [1.807, 2.05) is 4.90 Å². The van der Waals surface area contributed by atoms with E-state index in [4.69, 9.17) is 4.74 Å². The molecule has 11 heteroatoms. The third-order valence-corrected chi connectivity index (χ3v) is 8.43. The van der Waals surface area contributed by atoms with Gasteiger partial charge in [-0.3, -0.25) is 9.80 Å². The Labute approximate surface area is 216 Å². The van der Waals surface area contributed by atoms with Crippen LogP contribution in [0.3, 0.4) is 0 Å². The zero-order valence-corrected chi connectivity index (χ0v) is 21.7. The predicted molar refractivity (Wildman–Crippen MR) is 135 cm³/mol. The van der Waals surface area contributed by atoms with E-state index in [9.17, 15) is 22.4 Å². The van der Waals surface area contributed by atoms with Crippen LogP contribution in [-0.4, -0.2) is 80.4 Å². The molecule has 1 N–H and O–H groups in total. The summed E-state index contributed by atoms with van der Waals surface area (Å²) < 4.78 is 46.9. The van der Waals surface area contributed by atoms with E-state index in [-0.39, 0.29) is 36.7 Å². The molecule has 4 rings (SSSR count). The molecule has 0 unspecified atom stereocenters. The van der Waals surface area contributed by atoms with E-state index in [1.54, 1.807) is 50.2 Å². The van der Waals surface area contributed by atoms with Gasteiger partial charge in [0, 0.05) is 45.0 Å². The number of benzene rings is 2. The van der Waals surface area contributed by atoms with Gasteiger partial charge in [-0.1, -0.05) is 30.3 Å². The number of urea groups is 1. The van der Waals surface area contributed by atoms with E-state index in [0.717, 1.165) is 0 Å². The van der Waals surface area contributed by atoms with Gasteiger partial charge in [-0.15, -0.1) is 0 Å². The molecule has 2 heterocycles. The number of nitrogens with zero attached hydrogens (tertiary/aromatic N) is 3. The number of hydrogen-bond acceptors (Lipinski definition) is 6. The van der Waals surface area contributed by atoms with Crippen LogP contribution in [-0.2, 0) is 19.6 Å². The number of halogens is 1. The van der Waals surface area contributed by atoms with Crippen molar-refractivity contribution in [2.75, 3.05) is 45.9 Å². The molecule has 198 valence electrons. The Morgan fingerprint density at radius 3 is 2.38 bits per heavy atom. The largest absolute Gasteiger partial charge is 0.463 e. The third kappa shape index (κ3) is 5.68. The average molecular weight is 531 g/mol. The molecule has 2 aromatic rings. The Kier molecular flexibility index (Phi) is 8.25. The van der Waals surface area contributed by atoms with E-state index < -0.39 is 33.9 Å². The summed E-state index contributed by atoms with van der Waals surface area (Å²) in [5.41, 5.74) is 1.15. The molecule has 2 amide bonds. The maximum atomic E-state index is 14.0. The standard InChI is InChI=1S/C26H31FN4O5S/c1-3-31-22(18-29-13-15-30(16-14-29)37(34,35)21-11-6-5-7-12-21)23(25(32)36-4-2)24(28-26(31)33)19-9-8-10-20(27)17-19/h5-12,17,24H,3-4,13-16,18H2,1-2H3,(H,28,33)/t24-/m0/s1. The molecule has 2 aliphatic rings. The summed E-state index contributed by atoms with van der Waals surface area (Å²) in [5.74, 6) is -1.07. The van der Waals surface area contributed by atoms with Gasteiger partial charge in [0.15, 0.2) is 0 Å². The number of rotatable bonds is 8. The van der Waals surface area contributed by atoms with Gasteiger partial charge in [-0.2, -0.15) is 4.31 Å². The fourth-order valence-electron chi connectivity index (χ4n) is 4.68. The molecule has 1 saturated heterocycles. The molecule has 1 fully saturated rings.